The predicted octanol–water partition coefficient (Wildman–Crippen LogP) is 2.34. The monoisotopic (exact) mass is 153 g/mol. The maximum absolute atomic E-state index is 3.69. The standard InChI is InChI=1S/C10H19N/c1-3-4-5-8-11-9-10(2)6-7-10/h3,11H,1,4-9H2,2H3. The van der Waals surface area contributed by atoms with Gasteiger partial charge in [-0.1, -0.05) is 13.0 Å². The molecule has 11 heavy (non-hydrogen) atoms. The van der Waals surface area contributed by atoms with Crippen LogP contribution in [-0.2, 0) is 0 Å². The molecule has 1 N–H and O–H groups in total. The molecule has 0 aromatic carbocycles. The van der Waals surface area contributed by atoms with Crippen LogP contribution in [0.1, 0.15) is 32.6 Å². The van der Waals surface area contributed by atoms with Crippen molar-refractivity contribution in [3.8, 4) is 0 Å². The lowest BCUT2D eigenvalue weighted by Gasteiger charge is -2.08. The Balaban J connectivity index is 1.84. The first-order valence-electron chi connectivity index (χ1n) is 4.58. The van der Waals surface area contributed by atoms with Gasteiger partial charge in [0.15, 0.2) is 0 Å². The lowest BCUT2D eigenvalue weighted by Crippen LogP contribution is -2.22. The molecule has 1 heteroatoms. The summed E-state index contributed by atoms with van der Waals surface area (Å²) in [6.07, 6.45) is 7.20. The molecule has 1 aliphatic rings. The van der Waals surface area contributed by atoms with E-state index in [0.29, 0.717) is 5.41 Å². The predicted molar refractivity (Wildman–Crippen MR) is 49.6 cm³/mol. The zero-order chi connectivity index (χ0) is 8.16. The van der Waals surface area contributed by atoms with Gasteiger partial charge in [-0.15, -0.1) is 6.58 Å². The van der Waals surface area contributed by atoms with Crippen LogP contribution in [0.3, 0.4) is 0 Å². The highest BCUT2D eigenvalue weighted by Crippen LogP contribution is 2.43. The number of hydrogen-bond donors (Lipinski definition) is 1. The number of hydrogen-bond acceptors (Lipinski definition) is 1. The largest absolute Gasteiger partial charge is 0.316 e. The molecule has 0 amide bonds. The Bertz CT molecular complexity index is 125. The molecule has 0 aromatic rings. The van der Waals surface area contributed by atoms with Gasteiger partial charge in [-0.2, -0.15) is 0 Å². The van der Waals surface area contributed by atoms with Gasteiger partial charge in [0.05, 0.1) is 0 Å². The van der Waals surface area contributed by atoms with Crippen molar-refractivity contribution in [2.24, 2.45) is 5.41 Å². The first-order valence-corrected chi connectivity index (χ1v) is 4.58. The van der Waals surface area contributed by atoms with E-state index < -0.39 is 0 Å². The van der Waals surface area contributed by atoms with Gasteiger partial charge in [0.25, 0.3) is 0 Å². The second-order valence-corrected chi connectivity index (χ2v) is 3.92. The van der Waals surface area contributed by atoms with E-state index in [1.165, 1.54) is 25.8 Å². The van der Waals surface area contributed by atoms with E-state index in [-0.39, 0.29) is 0 Å². The van der Waals surface area contributed by atoms with Crippen LogP contribution >= 0.6 is 0 Å². The highest BCUT2D eigenvalue weighted by Gasteiger charge is 2.36. The molecular formula is C10H19N. The minimum atomic E-state index is 0.661. The third kappa shape index (κ3) is 3.57. The number of unbranched alkanes of at least 4 members (excludes halogenated alkanes) is 1. The summed E-state index contributed by atoms with van der Waals surface area (Å²) in [5, 5.41) is 3.47. The van der Waals surface area contributed by atoms with Crippen LogP contribution in [0.25, 0.3) is 0 Å². The Morgan fingerprint density at radius 2 is 2.27 bits per heavy atom. The van der Waals surface area contributed by atoms with Crippen molar-refractivity contribution in [3.05, 3.63) is 12.7 Å². The summed E-state index contributed by atoms with van der Waals surface area (Å²) in [5.41, 5.74) is 0.661. The van der Waals surface area contributed by atoms with Gasteiger partial charge in [0, 0.05) is 6.54 Å². The first-order chi connectivity index (χ1) is 5.27. The number of rotatable bonds is 6. The van der Waals surface area contributed by atoms with Gasteiger partial charge in [-0.05, 0) is 37.6 Å². The fourth-order valence-corrected chi connectivity index (χ4v) is 1.15. The third-order valence-electron chi connectivity index (χ3n) is 2.42. The van der Waals surface area contributed by atoms with E-state index in [9.17, 15) is 0 Å². The first kappa shape index (κ1) is 8.79. The van der Waals surface area contributed by atoms with Crippen LogP contribution in [-0.4, -0.2) is 13.1 Å². The molecular weight excluding hydrogens is 134 g/mol. The Labute approximate surface area is 69.9 Å². The minimum Gasteiger partial charge on any atom is -0.316 e. The van der Waals surface area contributed by atoms with E-state index in [2.05, 4.69) is 18.8 Å². The Kier molecular flexibility index (Phi) is 3.13. The molecule has 0 heterocycles. The van der Waals surface area contributed by atoms with Gasteiger partial charge < -0.3 is 5.32 Å². The zero-order valence-electron chi connectivity index (χ0n) is 7.53. The lowest BCUT2D eigenvalue weighted by atomic mass is 10.1. The summed E-state index contributed by atoms with van der Waals surface area (Å²) in [4.78, 5) is 0. The van der Waals surface area contributed by atoms with Gasteiger partial charge in [-0.3, -0.25) is 0 Å². The second kappa shape index (κ2) is 3.91. The van der Waals surface area contributed by atoms with Crippen molar-refractivity contribution in [3.63, 3.8) is 0 Å². The molecule has 1 nitrogen and oxygen atoms in total. The molecule has 0 saturated heterocycles. The van der Waals surface area contributed by atoms with Crippen molar-refractivity contribution in [2.75, 3.05) is 13.1 Å². The van der Waals surface area contributed by atoms with E-state index in [0.717, 1.165) is 13.0 Å². The molecule has 1 aliphatic carbocycles. The van der Waals surface area contributed by atoms with Gasteiger partial charge in [-0.25, -0.2) is 0 Å². The van der Waals surface area contributed by atoms with Gasteiger partial charge in [0.2, 0.25) is 0 Å². The average molecular weight is 153 g/mol. The summed E-state index contributed by atoms with van der Waals surface area (Å²) in [5.74, 6) is 0. The Hall–Kier alpha value is -0.300. The van der Waals surface area contributed by atoms with Crippen LogP contribution in [0, 0.1) is 5.41 Å². The quantitative estimate of drug-likeness (QED) is 0.456. The third-order valence-corrected chi connectivity index (χ3v) is 2.42. The van der Waals surface area contributed by atoms with Crippen molar-refractivity contribution >= 4 is 0 Å². The molecule has 0 aliphatic heterocycles. The molecule has 0 bridgehead atoms. The lowest BCUT2D eigenvalue weighted by molar-refractivity contribution is 0.496. The van der Waals surface area contributed by atoms with E-state index in [4.69, 9.17) is 0 Å². The SMILES string of the molecule is C=CCCCNCC1(C)CC1. The summed E-state index contributed by atoms with van der Waals surface area (Å²) < 4.78 is 0. The normalized spacial score (nSPS) is 19.7. The van der Waals surface area contributed by atoms with Gasteiger partial charge in [0.1, 0.15) is 0 Å². The van der Waals surface area contributed by atoms with E-state index >= 15 is 0 Å². The summed E-state index contributed by atoms with van der Waals surface area (Å²) in [6, 6.07) is 0. The van der Waals surface area contributed by atoms with Gasteiger partial charge >= 0.3 is 0 Å². The van der Waals surface area contributed by atoms with Crippen LogP contribution in [0.4, 0.5) is 0 Å². The highest BCUT2D eigenvalue weighted by molar-refractivity contribution is 4.90. The average Bonchev–Trinajstić information content (AvgIpc) is 2.69. The summed E-state index contributed by atoms with van der Waals surface area (Å²) >= 11 is 0. The molecule has 1 saturated carbocycles. The van der Waals surface area contributed by atoms with Crippen LogP contribution < -0.4 is 5.32 Å². The zero-order valence-corrected chi connectivity index (χ0v) is 7.53. The summed E-state index contributed by atoms with van der Waals surface area (Å²) in [6.45, 7) is 8.41. The Morgan fingerprint density at radius 3 is 2.82 bits per heavy atom. The van der Waals surface area contributed by atoms with E-state index in [1.54, 1.807) is 0 Å². The maximum atomic E-state index is 3.69. The summed E-state index contributed by atoms with van der Waals surface area (Å²) in [7, 11) is 0. The van der Waals surface area contributed by atoms with Crippen molar-refractivity contribution in [1.82, 2.24) is 5.32 Å². The topological polar surface area (TPSA) is 12.0 Å². The highest BCUT2D eigenvalue weighted by atomic mass is 14.9. The molecule has 64 valence electrons. The van der Waals surface area contributed by atoms with Crippen molar-refractivity contribution in [2.45, 2.75) is 32.6 Å². The van der Waals surface area contributed by atoms with E-state index in [1.807, 2.05) is 6.08 Å². The molecule has 0 radical (unpaired) electrons. The molecule has 1 rings (SSSR count). The van der Waals surface area contributed by atoms with Crippen LogP contribution in [0.5, 0.6) is 0 Å². The molecule has 0 atom stereocenters. The van der Waals surface area contributed by atoms with Crippen LogP contribution in [0.15, 0.2) is 12.7 Å². The Morgan fingerprint density at radius 1 is 1.55 bits per heavy atom. The second-order valence-electron chi connectivity index (χ2n) is 3.92. The van der Waals surface area contributed by atoms with Crippen LogP contribution in [0.2, 0.25) is 0 Å². The number of allylic oxidation sites excluding steroid dienone is 1. The van der Waals surface area contributed by atoms with Crippen molar-refractivity contribution < 1.29 is 0 Å². The molecule has 1 fully saturated rings. The maximum Gasteiger partial charge on any atom is 0.000517 e. The molecule has 0 spiro atoms. The smallest absolute Gasteiger partial charge is 0.000517 e. The number of nitrogens with one attached hydrogen (secondary N) is 1. The molecule has 0 aromatic heterocycles. The van der Waals surface area contributed by atoms with Crippen molar-refractivity contribution in [1.29, 1.82) is 0 Å². The fourth-order valence-electron chi connectivity index (χ4n) is 1.15. The minimum absolute atomic E-state index is 0.661. The fraction of sp³-hybridized carbons (Fsp3) is 0.800. The molecule has 0 unspecified atom stereocenters.